The Hall–Kier alpha value is -2.18. The number of amides is 1. The second-order valence-corrected chi connectivity index (χ2v) is 4.94. The van der Waals surface area contributed by atoms with Crippen molar-refractivity contribution in [1.29, 1.82) is 0 Å². The van der Waals surface area contributed by atoms with E-state index in [1.807, 2.05) is 0 Å². The topological polar surface area (TPSA) is 87.2 Å². The van der Waals surface area contributed by atoms with Gasteiger partial charge < -0.3 is 4.98 Å². The monoisotopic (exact) mass is 324 g/mol. The van der Waals surface area contributed by atoms with Gasteiger partial charge >= 0.3 is 5.69 Å². The number of nitrogens with one attached hydrogen (secondary N) is 2. The Balaban J connectivity index is 2.08. The number of H-pyrrole nitrogens is 1. The molecule has 108 valence electrons. The molecule has 0 aliphatic carbocycles. The van der Waals surface area contributed by atoms with E-state index in [1.54, 1.807) is 25.1 Å². The van der Waals surface area contributed by atoms with Gasteiger partial charge in [-0.1, -0.05) is 29.3 Å². The summed E-state index contributed by atoms with van der Waals surface area (Å²) < 4.78 is 0. The van der Waals surface area contributed by atoms with Crippen molar-refractivity contribution in [2.75, 3.05) is 0 Å². The van der Waals surface area contributed by atoms with Gasteiger partial charge in [-0.3, -0.25) is 4.79 Å². The maximum atomic E-state index is 11.8. The Bertz CT molecular complexity index is 771. The van der Waals surface area contributed by atoms with E-state index in [1.165, 1.54) is 12.3 Å². The average Bonchev–Trinajstić information content (AvgIpc) is 2.41. The van der Waals surface area contributed by atoms with Gasteiger partial charge in [0.15, 0.2) is 0 Å². The zero-order chi connectivity index (χ0) is 15.4. The third-order valence-corrected chi connectivity index (χ3v) is 3.17. The van der Waals surface area contributed by atoms with E-state index in [0.717, 1.165) is 0 Å². The van der Waals surface area contributed by atoms with Crippen molar-refractivity contribution < 1.29 is 4.79 Å². The quantitative estimate of drug-likeness (QED) is 0.669. The Morgan fingerprint density at radius 3 is 2.76 bits per heavy atom. The number of aromatic nitrogens is 2. The fraction of sp³-hybridized carbons (Fsp3) is 0.0769. The molecule has 0 radical (unpaired) electrons. The van der Waals surface area contributed by atoms with E-state index < -0.39 is 11.6 Å². The van der Waals surface area contributed by atoms with E-state index in [0.29, 0.717) is 21.3 Å². The number of hydrogen-bond acceptors (Lipinski definition) is 4. The summed E-state index contributed by atoms with van der Waals surface area (Å²) in [6.45, 7) is 1.65. The summed E-state index contributed by atoms with van der Waals surface area (Å²) in [5.41, 5.74) is 2.88. The van der Waals surface area contributed by atoms with Crippen LogP contribution in [0.25, 0.3) is 0 Å². The molecule has 0 aliphatic rings. The van der Waals surface area contributed by atoms with Crippen LogP contribution in [-0.4, -0.2) is 22.1 Å². The minimum absolute atomic E-state index is 0.0115. The van der Waals surface area contributed by atoms with Crippen LogP contribution in [-0.2, 0) is 0 Å². The van der Waals surface area contributed by atoms with Crippen molar-refractivity contribution >= 4 is 35.3 Å². The van der Waals surface area contributed by atoms with Gasteiger partial charge in [0.2, 0.25) is 0 Å². The highest BCUT2D eigenvalue weighted by atomic mass is 35.5. The fourth-order valence-corrected chi connectivity index (χ4v) is 1.82. The van der Waals surface area contributed by atoms with Crippen molar-refractivity contribution in [3.63, 3.8) is 0 Å². The lowest BCUT2D eigenvalue weighted by molar-refractivity contribution is 0.0949. The number of hydrogen-bond donors (Lipinski definition) is 2. The first-order valence-corrected chi connectivity index (χ1v) is 6.58. The Labute approximate surface area is 129 Å². The minimum atomic E-state index is -0.589. The van der Waals surface area contributed by atoms with Crippen molar-refractivity contribution in [3.05, 3.63) is 61.7 Å². The first-order valence-electron chi connectivity index (χ1n) is 5.82. The molecule has 0 unspecified atom stereocenters. The van der Waals surface area contributed by atoms with E-state index in [9.17, 15) is 9.59 Å². The first kappa shape index (κ1) is 15.2. The number of halogens is 2. The molecule has 0 bridgehead atoms. The molecule has 2 aromatic rings. The van der Waals surface area contributed by atoms with Crippen LogP contribution >= 0.6 is 23.2 Å². The highest BCUT2D eigenvalue weighted by Gasteiger charge is 2.07. The lowest BCUT2D eigenvalue weighted by Gasteiger charge is -2.00. The van der Waals surface area contributed by atoms with Crippen LogP contribution in [0.2, 0.25) is 10.0 Å². The number of aryl methyl sites for hydroxylation is 1. The Morgan fingerprint density at radius 2 is 2.10 bits per heavy atom. The minimum Gasteiger partial charge on any atom is -0.310 e. The Kier molecular flexibility index (Phi) is 4.72. The third kappa shape index (κ3) is 4.14. The van der Waals surface area contributed by atoms with Gasteiger partial charge in [-0.05, 0) is 30.7 Å². The molecule has 8 heteroatoms. The zero-order valence-electron chi connectivity index (χ0n) is 10.9. The van der Waals surface area contributed by atoms with Gasteiger partial charge in [0.25, 0.3) is 5.91 Å². The van der Waals surface area contributed by atoms with Crippen molar-refractivity contribution in [2.24, 2.45) is 5.10 Å². The predicted octanol–water partition coefficient (Wildman–Crippen LogP) is 2.15. The summed E-state index contributed by atoms with van der Waals surface area (Å²) in [7, 11) is 0. The molecular weight excluding hydrogens is 315 g/mol. The molecule has 0 spiro atoms. The maximum Gasteiger partial charge on any atom is 0.345 e. The molecular formula is C13H10Cl2N4O2. The van der Waals surface area contributed by atoms with Gasteiger partial charge in [0.05, 0.1) is 16.3 Å². The number of nitrogens with zero attached hydrogens (tertiary/aromatic N) is 2. The van der Waals surface area contributed by atoms with Crippen LogP contribution in [0, 0.1) is 6.92 Å². The lowest BCUT2D eigenvalue weighted by Crippen LogP contribution is -2.24. The normalized spacial score (nSPS) is 10.8. The predicted molar refractivity (Wildman–Crippen MR) is 81.1 cm³/mol. The summed E-state index contributed by atoms with van der Waals surface area (Å²) in [5, 5.41) is 4.59. The standard InChI is InChI=1S/C13H10Cl2N4O2/c1-7-4-11(18-13(21)17-7)12(20)19-16-6-8-2-3-9(14)10(15)5-8/h2-6H,1H3,(H,19,20)(H,17,18,21)/b16-6+. The number of carbonyl (C=O) groups is 1. The number of hydrazone groups is 1. The van der Waals surface area contributed by atoms with E-state index in [4.69, 9.17) is 23.2 Å². The van der Waals surface area contributed by atoms with E-state index in [2.05, 4.69) is 20.5 Å². The molecule has 21 heavy (non-hydrogen) atoms. The number of aromatic amines is 1. The average molecular weight is 325 g/mol. The van der Waals surface area contributed by atoms with Crippen LogP contribution in [0.5, 0.6) is 0 Å². The highest BCUT2D eigenvalue weighted by molar-refractivity contribution is 6.42. The number of carbonyl (C=O) groups excluding carboxylic acids is 1. The second-order valence-electron chi connectivity index (χ2n) is 4.13. The molecule has 6 nitrogen and oxygen atoms in total. The number of rotatable bonds is 3. The van der Waals surface area contributed by atoms with Crippen LogP contribution < -0.4 is 11.1 Å². The first-order chi connectivity index (χ1) is 9.95. The van der Waals surface area contributed by atoms with Crippen LogP contribution in [0.4, 0.5) is 0 Å². The SMILES string of the molecule is Cc1cc(C(=O)N/N=C/c2ccc(Cl)c(Cl)c2)nc(=O)[nH]1. The molecule has 1 heterocycles. The van der Waals surface area contributed by atoms with Gasteiger partial charge in [-0.15, -0.1) is 0 Å². The summed E-state index contributed by atoms with van der Waals surface area (Å²) in [6, 6.07) is 6.37. The van der Waals surface area contributed by atoms with Crippen LogP contribution in [0.1, 0.15) is 21.7 Å². The highest BCUT2D eigenvalue weighted by Crippen LogP contribution is 2.21. The summed E-state index contributed by atoms with van der Waals surface area (Å²) >= 11 is 11.6. The summed E-state index contributed by atoms with van der Waals surface area (Å²) in [5.74, 6) is -0.583. The molecule has 0 saturated carbocycles. The lowest BCUT2D eigenvalue weighted by atomic mass is 10.2. The zero-order valence-corrected chi connectivity index (χ0v) is 12.4. The molecule has 0 saturated heterocycles. The van der Waals surface area contributed by atoms with Gasteiger partial charge in [-0.2, -0.15) is 10.1 Å². The third-order valence-electron chi connectivity index (χ3n) is 2.44. The largest absolute Gasteiger partial charge is 0.345 e. The molecule has 1 aromatic heterocycles. The van der Waals surface area contributed by atoms with Gasteiger partial charge in [-0.25, -0.2) is 10.2 Å². The van der Waals surface area contributed by atoms with Gasteiger partial charge in [0.1, 0.15) is 5.69 Å². The molecule has 1 aromatic carbocycles. The Morgan fingerprint density at radius 1 is 1.33 bits per heavy atom. The van der Waals surface area contributed by atoms with Gasteiger partial charge in [0, 0.05) is 5.69 Å². The molecule has 1 amide bonds. The van der Waals surface area contributed by atoms with E-state index >= 15 is 0 Å². The fourth-order valence-electron chi connectivity index (χ4n) is 1.51. The van der Waals surface area contributed by atoms with Crippen molar-refractivity contribution in [1.82, 2.24) is 15.4 Å². The summed E-state index contributed by atoms with van der Waals surface area (Å²) in [4.78, 5) is 28.9. The molecule has 0 atom stereocenters. The van der Waals surface area contributed by atoms with Crippen molar-refractivity contribution in [2.45, 2.75) is 6.92 Å². The smallest absolute Gasteiger partial charge is 0.310 e. The maximum absolute atomic E-state index is 11.8. The van der Waals surface area contributed by atoms with Crippen molar-refractivity contribution in [3.8, 4) is 0 Å². The molecule has 2 N–H and O–H groups in total. The summed E-state index contributed by atoms with van der Waals surface area (Å²) in [6.07, 6.45) is 1.40. The van der Waals surface area contributed by atoms with E-state index in [-0.39, 0.29) is 5.69 Å². The van der Waals surface area contributed by atoms with Crippen LogP contribution in [0.15, 0.2) is 34.2 Å². The number of benzene rings is 1. The second kappa shape index (κ2) is 6.51. The molecule has 0 aliphatic heterocycles. The molecule has 0 fully saturated rings. The van der Waals surface area contributed by atoms with Crippen LogP contribution in [0.3, 0.4) is 0 Å². The molecule has 2 rings (SSSR count).